The third-order valence-electron chi connectivity index (χ3n) is 4.76. The van der Waals surface area contributed by atoms with Gasteiger partial charge in [0.1, 0.15) is 0 Å². The molecular formula is C20H19N5O2. The standard InChI is InChI=1S/C20H19N5O2/c1-12-17-10-14(13-3-2-4-15(9-13)19(21)27)5-6-16(17)20(24-23-12)25-8-7-22-18(26)11-25/h2-6,9-10H,7-8,11H2,1H3,(H2,21,27)(H,22,26). The van der Waals surface area contributed by atoms with Gasteiger partial charge in [0.15, 0.2) is 5.82 Å². The molecule has 4 rings (SSSR count). The van der Waals surface area contributed by atoms with Crippen LogP contribution in [0.3, 0.4) is 0 Å². The fourth-order valence-electron chi connectivity index (χ4n) is 3.35. The molecule has 1 fully saturated rings. The number of rotatable bonds is 3. The Labute approximate surface area is 156 Å². The zero-order valence-electron chi connectivity index (χ0n) is 14.9. The Morgan fingerprint density at radius 2 is 1.93 bits per heavy atom. The molecule has 1 aliphatic rings. The fourth-order valence-corrected chi connectivity index (χ4v) is 3.35. The lowest BCUT2D eigenvalue weighted by Gasteiger charge is -2.28. The number of hydrogen-bond donors (Lipinski definition) is 2. The summed E-state index contributed by atoms with van der Waals surface area (Å²) in [4.78, 5) is 25.1. The lowest BCUT2D eigenvalue weighted by molar-refractivity contribution is -0.120. The number of nitrogens with two attached hydrogens (primary N) is 1. The minimum absolute atomic E-state index is 0.0170. The molecule has 0 aliphatic carbocycles. The van der Waals surface area contributed by atoms with E-state index in [1.807, 2.05) is 42.2 Å². The van der Waals surface area contributed by atoms with Crippen LogP contribution in [0.4, 0.5) is 5.82 Å². The molecule has 136 valence electrons. The number of aryl methyl sites for hydroxylation is 1. The highest BCUT2D eigenvalue weighted by molar-refractivity contribution is 5.98. The van der Waals surface area contributed by atoms with Gasteiger partial charge in [-0.3, -0.25) is 9.59 Å². The van der Waals surface area contributed by atoms with Crippen LogP contribution in [0, 0.1) is 6.92 Å². The van der Waals surface area contributed by atoms with Gasteiger partial charge in [-0.25, -0.2) is 0 Å². The molecule has 2 heterocycles. The van der Waals surface area contributed by atoms with Gasteiger partial charge in [0.2, 0.25) is 11.8 Å². The summed E-state index contributed by atoms with van der Waals surface area (Å²) in [6, 6.07) is 13.2. The number of aromatic nitrogens is 2. The number of piperazine rings is 1. The second kappa shape index (κ2) is 6.68. The summed E-state index contributed by atoms with van der Waals surface area (Å²) in [6.45, 7) is 3.47. The van der Waals surface area contributed by atoms with Crippen molar-refractivity contribution in [2.75, 3.05) is 24.5 Å². The summed E-state index contributed by atoms with van der Waals surface area (Å²) in [5.74, 6) is 0.241. The number of hydrogen-bond acceptors (Lipinski definition) is 5. The van der Waals surface area contributed by atoms with Crippen molar-refractivity contribution >= 4 is 28.4 Å². The summed E-state index contributed by atoms with van der Waals surface area (Å²) in [7, 11) is 0. The molecule has 1 aromatic heterocycles. The van der Waals surface area contributed by atoms with Crippen molar-refractivity contribution < 1.29 is 9.59 Å². The quantitative estimate of drug-likeness (QED) is 0.738. The van der Waals surface area contributed by atoms with Crippen LogP contribution in [0.1, 0.15) is 16.1 Å². The number of carbonyl (C=O) groups is 2. The molecule has 2 amide bonds. The number of anilines is 1. The first-order chi connectivity index (χ1) is 13.0. The summed E-state index contributed by atoms with van der Waals surface area (Å²) in [6.07, 6.45) is 0. The molecular weight excluding hydrogens is 342 g/mol. The molecule has 7 nitrogen and oxygen atoms in total. The van der Waals surface area contributed by atoms with Gasteiger partial charge in [0.25, 0.3) is 0 Å². The van der Waals surface area contributed by atoms with Gasteiger partial charge >= 0.3 is 0 Å². The van der Waals surface area contributed by atoms with Crippen LogP contribution < -0.4 is 16.0 Å². The Kier molecular flexibility index (Phi) is 4.19. The number of amides is 2. The number of primary amides is 1. The first-order valence-corrected chi connectivity index (χ1v) is 8.72. The number of benzene rings is 2. The SMILES string of the molecule is Cc1nnc(N2CCNC(=O)C2)c2ccc(-c3cccc(C(N)=O)c3)cc12. The van der Waals surface area contributed by atoms with E-state index >= 15 is 0 Å². The number of nitrogens with zero attached hydrogens (tertiary/aromatic N) is 3. The van der Waals surface area contributed by atoms with Crippen LogP contribution in [-0.4, -0.2) is 41.6 Å². The highest BCUT2D eigenvalue weighted by Gasteiger charge is 2.20. The molecule has 2 aromatic carbocycles. The molecule has 0 atom stereocenters. The molecule has 0 saturated carbocycles. The van der Waals surface area contributed by atoms with Crippen molar-refractivity contribution in [3.63, 3.8) is 0 Å². The van der Waals surface area contributed by atoms with Crippen LogP contribution in [-0.2, 0) is 4.79 Å². The highest BCUT2D eigenvalue weighted by Crippen LogP contribution is 2.31. The summed E-state index contributed by atoms with van der Waals surface area (Å²) in [5.41, 5.74) is 8.54. The van der Waals surface area contributed by atoms with E-state index in [4.69, 9.17) is 5.73 Å². The van der Waals surface area contributed by atoms with Gasteiger partial charge in [-0.15, -0.1) is 5.10 Å². The Bertz CT molecular complexity index is 1060. The first kappa shape index (κ1) is 17.0. The van der Waals surface area contributed by atoms with Gasteiger partial charge in [0, 0.05) is 29.4 Å². The maximum atomic E-state index is 11.7. The minimum atomic E-state index is -0.453. The zero-order chi connectivity index (χ0) is 19.0. The van der Waals surface area contributed by atoms with Gasteiger partial charge in [-0.05, 0) is 42.3 Å². The molecule has 7 heteroatoms. The lowest BCUT2D eigenvalue weighted by atomic mass is 9.99. The monoisotopic (exact) mass is 361 g/mol. The van der Waals surface area contributed by atoms with Gasteiger partial charge in [-0.2, -0.15) is 5.10 Å². The van der Waals surface area contributed by atoms with Crippen LogP contribution in [0.25, 0.3) is 21.9 Å². The largest absolute Gasteiger partial charge is 0.366 e. The predicted octanol–water partition coefficient (Wildman–Crippen LogP) is 1.64. The molecule has 0 radical (unpaired) electrons. The molecule has 1 aliphatic heterocycles. The van der Waals surface area contributed by atoms with Crippen molar-refractivity contribution in [2.45, 2.75) is 6.92 Å². The zero-order valence-corrected chi connectivity index (χ0v) is 14.9. The molecule has 3 N–H and O–H groups in total. The second-order valence-electron chi connectivity index (χ2n) is 6.59. The van der Waals surface area contributed by atoms with E-state index in [1.165, 1.54) is 0 Å². The summed E-state index contributed by atoms with van der Waals surface area (Å²) < 4.78 is 0. The molecule has 0 unspecified atom stereocenters. The maximum absolute atomic E-state index is 11.7. The van der Waals surface area contributed by atoms with E-state index in [2.05, 4.69) is 15.5 Å². The topological polar surface area (TPSA) is 101 Å². The Morgan fingerprint density at radius 1 is 1.11 bits per heavy atom. The van der Waals surface area contributed by atoms with E-state index in [0.717, 1.165) is 27.6 Å². The van der Waals surface area contributed by atoms with Gasteiger partial charge < -0.3 is 16.0 Å². The lowest BCUT2D eigenvalue weighted by Crippen LogP contribution is -2.48. The number of fused-ring (bicyclic) bond motifs is 1. The molecule has 27 heavy (non-hydrogen) atoms. The molecule has 0 bridgehead atoms. The highest BCUT2D eigenvalue weighted by atomic mass is 16.2. The third-order valence-corrected chi connectivity index (χ3v) is 4.76. The van der Waals surface area contributed by atoms with E-state index < -0.39 is 5.91 Å². The Hall–Kier alpha value is -3.48. The average molecular weight is 361 g/mol. The van der Waals surface area contributed by atoms with Crippen molar-refractivity contribution in [3.8, 4) is 11.1 Å². The normalized spacial score (nSPS) is 14.3. The van der Waals surface area contributed by atoms with Gasteiger partial charge in [-0.1, -0.05) is 18.2 Å². The number of carbonyl (C=O) groups excluding carboxylic acids is 2. The van der Waals surface area contributed by atoms with E-state index in [9.17, 15) is 9.59 Å². The van der Waals surface area contributed by atoms with Crippen LogP contribution >= 0.6 is 0 Å². The van der Waals surface area contributed by atoms with E-state index in [-0.39, 0.29) is 12.5 Å². The first-order valence-electron chi connectivity index (χ1n) is 8.72. The van der Waals surface area contributed by atoms with Crippen molar-refractivity contribution in [2.24, 2.45) is 5.73 Å². The average Bonchev–Trinajstić information content (AvgIpc) is 2.68. The molecule has 3 aromatic rings. The Balaban J connectivity index is 1.81. The van der Waals surface area contributed by atoms with Crippen molar-refractivity contribution in [3.05, 3.63) is 53.7 Å². The smallest absolute Gasteiger partial charge is 0.248 e. The van der Waals surface area contributed by atoms with E-state index in [0.29, 0.717) is 24.5 Å². The maximum Gasteiger partial charge on any atom is 0.248 e. The van der Waals surface area contributed by atoms with Gasteiger partial charge in [0.05, 0.1) is 12.2 Å². The fraction of sp³-hybridized carbons (Fsp3) is 0.200. The predicted molar refractivity (Wildman–Crippen MR) is 103 cm³/mol. The van der Waals surface area contributed by atoms with Crippen LogP contribution in [0.2, 0.25) is 0 Å². The Morgan fingerprint density at radius 3 is 2.70 bits per heavy atom. The van der Waals surface area contributed by atoms with Crippen LogP contribution in [0.15, 0.2) is 42.5 Å². The third kappa shape index (κ3) is 3.19. The minimum Gasteiger partial charge on any atom is -0.366 e. The van der Waals surface area contributed by atoms with Crippen molar-refractivity contribution in [1.29, 1.82) is 0 Å². The number of nitrogens with one attached hydrogen (secondary N) is 1. The summed E-state index contributed by atoms with van der Waals surface area (Å²) >= 11 is 0. The summed E-state index contributed by atoms with van der Waals surface area (Å²) in [5, 5.41) is 13.4. The van der Waals surface area contributed by atoms with Crippen molar-refractivity contribution in [1.82, 2.24) is 15.5 Å². The second-order valence-corrected chi connectivity index (χ2v) is 6.59. The molecule has 1 saturated heterocycles. The molecule has 0 spiro atoms. The van der Waals surface area contributed by atoms with Crippen LogP contribution in [0.5, 0.6) is 0 Å². The van der Waals surface area contributed by atoms with E-state index in [1.54, 1.807) is 12.1 Å².